The van der Waals surface area contributed by atoms with E-state index in [1.807, 2.05) is 31.2 Å². The predicted octanol–water partition coefficient (Wildman–Crippen LogP) is 10.2. The molecule has 0 heterocycles. The molecule has 0 amide bonds. The molecule has 4 aromatic carbocycles. The molecule has 4 atom stereocenters. The van der Waals surface area contributed by atoms with Gasteiger partial charge in [0.15, 0.2) is 0 Å². The molecule has 0 unspecified atom stereocenters. The van der Waals surface area contributed by atoms with Crippen molar-refractivity contribution >= 4 is 23.8 Å². The number of sulfonamides is 1. The first-order valence-electron chi connectivity index (χ1n) is 15.6. The van der Waals surface area contributed by atoms with Crippen molar-refractivity contribution in [3.63, 3.8) is 0 Å². The zero-order valence-electron chi connectivity index (χ0n) is 27.3. The topological polar surface area (TPSA) is 46.5 Å². The summed E-state index contributed by atoms with van der Waals surface area (Å²) in [5, 5.41) is 0. The second kappa shape index (κ2) is 12.3. The summed E-state index contributed by atoms with van der Waals surface area (Å²) >= 11 is 0. The highest BCUT2D eigenvalue weighted by molar-refractivity contribution is 7.90. The second-order valence-electron chi connectivity index (χ2n) is 14.4. The summed E-state index contributed by atoms with van der Waals surface area (Å²) in [6.45, 7) is 13.3. The highest BCUT2D eigenvalue weighted by atomic mass is 32.2. The van der Waals surface area contributed by atoms with Crippen LogP contribution < -0.4 is 0 Å². The Morgan fingerprint density at radius 1 is 0.783 bits per heavy atom. The smallest absolute Gasteiger partial charge is 0.199 e. The molecular weight excluding hydrogens is 620 g/mol. The molecule has 0 bridgehead atoms. The maximum atomic E-state index is 14.1. The van der Waals surface area contributed by atoms with E-state index >= 15 is 0 Å². The minimum absolute atomic E-state index is 0.0333. The normalized spacial score (nSPS) is 24.5. The lowest BCUT2D eigenvalue weighted by atomic mass is 9.53. The number of rotatable bonds is 7. The van der Waals surface area contributed by atoms with Crippen molar-refractivity contribution in [3.05, 3.63) is 137 Å². The molecule has 5 rings (SSSR count). The summed E-state index contributed by atoms with van der Waals surface area (Å²) in [4.78, 5) is 0.0541. The molecular formula is C38H42F3NO2SSi. The maximum Gasteiger partial charge on any atom is 0.416 e. The van der Waals surface area contributed by atoms with Gasteiger partial charge in [-0.05, 0) is 71.7 Å². The highest BCUT2D eigenvalue weighted by Crippen LogP contribution is 2.60. The van der Waals surface area contributed by atoms with Gasteiger partial charge in [-0.3, -0.25) is 0 Å². The molecule has 0 radical (unpaired) electrons. The van der Waals surface area contributed by atoms with Gasteiger partial charge in [0.2, 0.25) is 0 Å². The van der Waals surface area contributed by atoms with Crippen LogP contribution in [0.4, 0.5) is 13.2 Å². The third kappa shape index (κ3) is 6.79. The van der Waals surface area contributed by atoms with Crippen LogP contribution in [0.5, 0.6) is 0 Å². The molecule has 0 aliphatic heterocycles. The Labute approximate surface area is 272 Å². The molecule has 46 heavy (non-hydrogen) atoms. The maximum absolute atomic E-state index is 14.1. The summed E-state index contributed by atoms with van der Waals surface area (Å²) in [5.74, 6) is -0.393. The van der Waals surface area contributed by atoms with Gasteiger partial charge in [-0.15, -0.1) is 0 Å². The van der Waals surface area contributed by atoms with Crippen molar-refractivity contribution in [2.75, 3.05) is 0 Å². The monoisotopic (exact) mass is 661 g/mol. The zero-order chi connectivity index (χ0) is 33.5. The minimum atomic E-state index is -4.52. The summed E-state index contributed by atoms with van der Waals surface area (Å²) in [5.41, 5.74) is 2.29. The molecule has 0 saturated heterocycles. The van der Waals surface area contributed by atoms with Crippen molar-refractivity contribution in [2.24, 2.45) is 10.3 Å². The van der Waals surface area contributed by atoms with E-state index in [9.17, 15) is 21.6 Å². The van der Waals surface area contributed by atoms with Gasteiger partial charge >= 0.3 is 6.18 Å². The Morgan fingerprint density at radius 2 is 1.30 bits per heavy atom. The number of nitrogens with zero attached hydrogens (tertiary/aromatic N) is 1. The molecule has 1 aliphatic rings. The van der Waals surface area contributed by atoms with Gasteiger partial charge in [0.1, 0.15) is 0 Å². The van der Waals surface area contributed by atoms with E-state index in [1.54, 1.807) is 12.1 Å². The third-order valence-electron chi connectivity index (χ3n) is 9.87. The number of alkyl halides is 3. The Balaban J connectivity index is 1.82. The fourth-order valence-corrected chi connectivity index (χ4v) is 11.2. The first-order valence-corrected chi connectivity index (χ1v) is 20.7. The van der Waals surface area contributed by atoms with Crippen LogP contribution in [-0.2, 0) is 27.0 Å². The molecule has 0 aromatic heterocycles. The number of hydrogen-bond donors (Lipinski definition) is 0. The lowest BCUT2D eigenvalue weighted by Crippen LogP contribution is -2.55. The molecule has 242 valence electrons. The van der Waals surface area contributed by atoms with Crippen LogP contribution in [0.3, 0.4) is 0 Å². The Hall–Kier alpha value is -3.49. The van der Waals surface area contributed by atoms with Crippen LogP contribution in [-0.4, -0.2) is 22.2 Å². The van der Waals surface area contributed by atoms with Gasteiger partial charge in [0.25, 0.3) is 10.0 Å². The van der Waals surface area contributed by atoms with Crippen LogP contribution in [0.1, 0.15) is 54.5 Å². The molecule has 8 heteroatoms. The predicted molar refractivity (Wildman–Crippen MR) is 184 cm³/mol. The molecule has 1 fully saturated rings. The fourth-order valence-electron chi connectivity index (χ4n) is 7.51. The van der Waals surface area contributed by atoms with Crippen LogP contribution in [0.25, 0.3) is 0 Å². The van der Waals surface area contributed by atoms with Crippen molar-refractivity contribution in [1.29, 1.82) is 0 Å². The summed E-state index contributed by atoms with van der Waals surface area (Å²) in [7, 11) is -6.33. The average Bonchev–Trinajstić information content (AvgIpc) is 3.00. The lowest BCUT2D eigenvalue weighted by molar-refractivity contribution is -0.137. The van der Waals surface area contributed by atoms with Crippen molar-refractivity contribution < 1.29 is 21.6 Å². The van der Waals surface area contributed by atoms with Crippen molar-refractivity contribution in [1.82, 2.24) is 0 Å². The second-order valence-corrected chi connectivity index (χ2v) is 21.5. The fraction of sp³-hybridized carbons (Fsp3) is 0.342. The number of halogens is 3. The van der Waals surface area contributed by atoms with Crippen LogP contribution >= 0.6 is 0 Å². The lowest BCUT2D eigenvalue weighted by Gasteiger charge is -2.57. The van der Waals surface area contributed by atoms with Gasteiger partial charge in [0.05, 0.1) is 16.2 Å². The van der Waals surface area contributed by atoms with E-state index in [2.05, 4.69) is 74.3 Å². The van der Waals surface area contributed by atoms with Crippen molar-refractivity contribution in [3.8, 4) is 0 Å². The largest absolute Gasteiger partial charge is 0.416 e. The Bertz CT molecular complexity index is 1800. The molecule has 0 spiro atoms. The Kier molecular flexibility index (Phi) is 9.03. The summed E-state index contributed by atoms with van der Waals surface area (Å²) in [6, 6.07) is 32.0. The van der Waals surface area contributed by atoms with E-state index in [1.165, 1.54) is 29.8 Å². The van der Waals surface area contributed by atoms with E-state index in [0.29, 0.717) is 17.7 Å². The van der Waals surface area contributed by atoms with Gasteiger partial charge < -0.3 is 0 Å². The first kappa shape index (κ1) is 33.9. The molecule has 4 aromatic rings. The van der Waals surface area contributed by atoms with Crippen LogP contribution in [0, 0.1) is 12.8 Å². The van der Waals surface area contributed by atoms with Gasteiger partial charge in [0, 0.05) is 19.4 Å². The number of aryl methyl sites for hydroxylation is 1. The SMILES string of the molecule is Cc1ccc(S(=O)(=O)/N=C(\c2ccc(C(F)(F)F)cc2)[C@@H]2[C@@H]([Si](C)(C)C)C[C@@](C)(c3ccccc3)C[C@]2(C)c2ccccc2)cc1. The number of benzene rings is 4. The zero-order valence-corrected chi connectivity index (χ0v) is 29.1. The van der Waals surface area contributed by atoms with Gasteiger partial charge in [-0.2, -0.15) is 26.0 Å². The first-order chi connectivity index (χ1) is 21.4. The third-order valence-corrected chi connectivity index (χ3v) is 13.9. The number of hydrogen-bond acceptors (Lipinski definition) is 2. The van der Waals surface area contributed by atoms with Crippen molar-refractivity contribution in [2.45, 2.75) is 80.7 Å². The Morgan fingerprint density at radius 3 is 1.80 bits per heavy atom. The standard InChI is InChI=1S/C38H42F3NO2SSi/c1-27-17-23-32(24-18-27)45(43,44)42-35(28-19-21-31(22-20-28)38(39,40)41)34-33(46(4,5)6)25-36(2,29-13-9-7-10-14-29)26-37(34,3)30-15-11-8-12-16-30/h7-24,33-34H,25-26H2,1-6H3/b42-35+/t33-,34-,36+,37+/m0/s1. The quantitative estimate of drug-likeness (QED) is 0.146. The van der Waals surface area contributed by atoms with Crippen LogP contribution in [0.15, 0.2) is 118 Å². The minimum Gasteiger partial charge on any atom is -0.199 e. The molecule has 0 N–H and O–H groups in total. The van der Waals surface area contributed by atoms with E-state index < -0.39 is 41.2 Å². The molecule has 3 nitrogen and oxygen atoms in total. The molecule has 1 saturated carbocycles. The van der Waals surface area contributed by atoms with E-state index in [0.717, 1.165) is 29.7 Å². The highest BCUT2D eigenvalue weighted by Gasteiger charge is 2.56. The summed E-state index contributed by atoms with van der Waals surface area (Å²) in [6.07, 6.45) is -3.03. The summed E-state index contributed by atoms with van der Waals surface area (Å²) < 4.78 is 73.9. The van der Waals surface area contributed by atoms with E-state index in [-0.39, 0.29) is 15.9 Å². The van der Waals surface area contributed by atoms with E-state index in [4.69, 9.17) is 0 Å². The molecule has 1 aliphatic carbocycles. The van der Waals surface area contributed by atoms with Crippen LogP contribution in [0.2, 0.25) is 25.2 Å². The van der Waals surface area contributed by atoms with Gasteiger partial charge in [-0.1, -0.05) is 124 Å². The van der Waals surface area contributed by atoms with Gasteiger partial charge in [-0.25, -0.2) is 0 Å². The average molecular weight is 662 g/mol.